The first-order valence-electron chi connectivity index (χ1n) is 9.69. The molecule has 7 nitrogen and oxygen atoms in total. The number of fused-ring (bicyclic) bond motifs is 1. The minimum Gasteiger partial charge on any atom is -0.493 e. The van der Waals surface area contributed by atoms with Gasteiger partial charge in [0.25, 0.3) is 5.91 Å². The van der Waals surface area contributed by atoms with Gasteiger partial charge in [-0.15, -0.1) is 0 Å². The molecule has 0 spiro atoms. The predicted molar refractivity (Wildman–Crippen MR) is 107 cm³/mol. The van der Waals surface area contributed by atoms with Crippen LogP contribution in [0.3, 0.4) is 0 Å². The van der Waals surface area contributed by atoms with E-state index >= 15 is 0 Å². The Labute approximate surface area is 172 Å². The number of methoxy groups -OCH3 is 1. The number of aromatic nitrogens is 3. The Morgan fingerprint density at radius 2 is 2.00 bits per heavy atom. The van der Waals surface area contributed by atoms with E-state index in [-0.39, 0.29) is 23.4 Å². The number of anilines is 1. The highest BCUT2D eigenvalue weighted by atomic mass is 19.3. The van der Waals surface area contributed by atoms with Gasteiger partial charge in [0, 0.05) is 29.4 Å². The summed E-state index contributed by atoms with van der Waals surface area (Å²) < 4.78 is 36.7. The summed E-state index contributed by atoms with van der Waals surface area (Å²) in [4.78, 5) is 17.8. The molecular formula is C21H22F2N4O3. The molecule has 1 fully saturated rings. The van der Waals surface area contributed by atoms with Gasteiger partial charge < -0.3 is 14.8 Å². The van der Waals surface area contributed by atoms with Crippen molar-refractivity contribution in [3.63, 3.8) is 0 Å². The van der Waals surface area contributed by atoms with Crippen LogP contribution in [0.5, 0.6) is 11.5 Å². The molecule has 0 bridgehead atoms. The molecule has 158 valence electrons. The number of carbonyl (C=O) groups excluding carboxylic acids is 1. The van der Waals surface area contributed by atoms with Crippen LogP contribution in [-0.4, -0.2) is 34.4 Å². The lowest BCUT2D eigenvalue weighted by atomic mass is 10.1. The molecule has 1 saturated carbocycles. The fraction of sp³-hybridized carbons (Fsp3) is 0.381. The van der Waals surface area contributed by atoms with Gasteiger partial charge in [-0.25, -0.2) is 9.67 Å². The van der Waals surface area contributed by atoms with Crippen molar-refractivity contribution in [2.24, 2.45) is 0 Å². The number of alkyl halides is 2. The molecule has 1 aromatic carbocycles. The lowest BCUT2D eigenvalue weighted by molar-refractivity contribution is -0.0511. The molecule has 2 aromatic heterocycles. The Hall–Kier alpha value is -3.23. The zero-order valence-electron chi connectivity index (χ0n) is 16.9. The third kappa shape index (κ3) is 3.92. The van der Waals surface area contributed by atoms with E-state index in [1.54, 1.807) is 23.0 Å². The number of carbonyl (C=O) groups is 1. The predicted octanol–water partition coefficient (Wildman–Crippen LogP) is 4.75. The van der Waals surface area contributed by atoms with Crippen molar-refractivity contribution in [2.75, 3.05) is 12.4 Å². The maximum Gasteiger partial charge on any atom is 0.387 e. The Bertz CT molecular complexity index is 1090. The number of benzene rings is 1. The summed E-state index contributed by atoms with van der Waals surface area (Å²) >= 11 is 0. The van der Waals surface area contributed by atoms with Crippen molar-refractivity contribution < 1.29 is 23.0 Å². The van der Waals surface area contributed by atoms with Gasteiger partial charge in [-0.05, 0) is 44.9 Å². The summed E-state index contributed by atoms with van der Waals surface area (Å²) in [5.74, 6) is -0.0328. The molecule has 1 N–H and O–H groups in total. The molecule has 2 heterocycles. The van der Waals surface area contributed by atoms with Gasteiger partial charge in [0.1, 0.15) is 0 Å². The summed E-state index contributed by atoms with van der Waals surface area (Å²) in [7, 11) is 1.35. The van der Waals surface area contributed by atoms with Crippen molar-refractivity contribution >= 4 is 22.6 Å². The van der Waals surface area contributed by atoms with Gasteiger partial charge in [0.2, 0.25) is 0 Å². The maximum absolute atomic E-state index is 13.1. The van der Waals surface area contributed by atoms with Crippen molar-refractivity contribution in [3.05, 3.63) is 41.7 Å². The Morgan fingerprint density at radius 3 is 2.63 bits per heavy atom. The minimum absolute atomic E-state index is 0.0935. The first-order valence-corrected chi connectivity index (χ1v) is 9.69. The molecule has 0 saturated heterocycles. The average Bonchev–Trinajstić information content (AvgIpc) is 3.45. The van der Waals surface area contributed by atoms with E-state index in [0.29, 0.717) is 28.2 Å². The number of ether oxygens (including phenoxy) is 2. The van der Waals surface area contributed by atoms with Crippen molar-refractivity contribution in [2.45, 2.75) is 45.3 Å². The van der Waals surface area contributed by atoms with Crippen LogP contribution in [-0.2, 0) is 0 Å². The molecule has 1 amide bonds. The molecule has 1 aliphatic rings. The maximum atomic E-state index is 13.1. The van der Waals surface area contributed by atoms with Crippen LogP contribution in [0.25, 0.3) is 11.0 Å². The molecule has 9 heteroatoms. The highest BCUT2D eigenvalue weighted by molar-refractivity contribution is 6.12. The highest BCUT2D eigenvalue weighted by Gasteiger charge is 2.28. The number of hydrogen-bond acceptors (Lipinski definition) is 5. The zero-order chi connectivity index (χ0) is 21.4. The van der Waals surface area contributed by atoms with E-state index in [1.165, 1.54) is 19.2 Å². The fourth-order valence-electron chi connectivity index (χ4n) is 3.33. The second-order valence-electron chi connectivity index (χ2n) is 7.49. The third-order valence-electron chi connectivity index (χ3n) is 4.95. The smallest absolute Gasteiger partial charge is 0.387 e. The number of rotatable bonds is 7. The van der Waals surface area contributed by atoms with Crippen LogP contribution in [0.15, 0.2) is 30.5 Å². The SMILES string of the molecule is COc1ccc(NC(=O)c2cc(C3CC3)nc3c2cnn3C(C)C)cc1OC(F)F. The van der Waals surface area contributed by atoms with E-state index < -0.39 is 6.61 Å². The van der Waals surface area contributed by atoms with Crippen LogP contribution >= 0.6 is 0 Å². The Balaban J connectivity index is 1.70. The first kappa shape index (κ1) is 20.1. The molecule has 0 unspecified atom stereocenters. The summed E-state index contributed by atoms with van der Waals surface area (Å²) in [5.41, 5.74) is 2.29. The topological polar surface area (TPSA) is 78.3 Å². The van der Waals surface area contributed by atoms with Crippen LogP contribution in [0.4, 0.5) is 14.5 Å². The molecule has 30 heavy (non-hydrogen) atoms. The Kier molecular flexibility index (Phi) is 5.27. The molecule has 0 atom stereocenters. The number of amides is 1. The normalized spacial score (nSPS) is 13.8. The van der Waals surface area contributed by atoms with Crippen molar-refractivity contribution in [1.29, 1.82) is 0 Å². The van der Waals surface area contributed by atoms with Crippen molar-refractivity contribution in [1.82, 2.24) is 14.8 Å². The lowest BCUT2D eigenvalue weighted by Crippen LogP contribution is -2.14. The third-order valence-corrected chi connectivity index (χ3v) is 4.95. The molecule has 4 rings (SSSR count). The van der Waals surface area contributed by atoms with Crippen LogP contribution in [0.1, 0.15) is 54.7 Å². The average molecular weight is 416 g/mol. The van der Waals surface area contributed by atoms with Crippen LogP contribution in [0.2, 0.25) is 0 Å². The van der Waals surface area contributed by atoms with Gasteiger partial charge in [-0.2, -0.15) is 13.9 Å². The first-order chi connectivity index (χ1) is 14.4. The summed E-state index contributed by atoms with van der Waals surface area (Å²) in [6.07, 6.45) is 3.72. The summed E-state index contributed by atoms with van der Waals surface area (Å²) in [5, 5.41) is 7.79. The van der Waals surface area contributed by atoms with Gasteiger partial charge in [0.15, 0.2) is 17.1 Å². The van der Waals surface area contributed by atoms with Crippen LogP contribution in [0, 0.1) is 0 Å². The number of hydrogen-bond donors (Lipinski definition) is 1. The molecule has 0 aliphatic heterocycles. The lowest BCUT2D eigenvalue weighted by Gasteiger charge is -2.13. The standard InChI is InChI=1S/C21H22F2N4O3/c1-11(2)27-19-15(10-24-27)14(9-16(26-19)12-4-5-12)20(28)25-13-6-7-17(29-3)18(8-13)30-21(22)23/h6-12,21H,4-5H2,1-3H3,(H,25,28). The van der Waals surface area contributed by atoms with Gasteiger partial charge in [-0.3, -0.25) is 4.79 Å². The van der Waals surface area contributed by atoms with E-state index in [0.717, 1.165) is 18.5 Å². The van der Waals surface area contributed by atoms with Crippen molar-refractivity contribution in [3.8, 4) is 11.5 Å². The number of nitrogens with zero attached hydrogens (tertiary/aromatic N) is 3. The monoisotopic (exact) mass is 416 g/mol. The summed E-state index contributed by atoms with van der Waals surface area (Å²) in [6, 6.07) is 6.22. The number of halogens is 2. The zero-order valence-corrected chi connectivity index (χ0v) is 16.9. The number of nitrogens with one attached hydrogen (secondary N) is 1. The molecule has 1 aliphatic carbocycles. The minimum atomic E-state index is -3.01. The molecular weight excluding hydrogens is 394 g/mol. The van der Waals surface area contributed by atoms with E-state index in [9.17, 15) is 13.6 Å². The van der Waals surface area contributed by atoms with Gasteiger partial charge >= 0.3 is 6.61 Å². The second kappa shape index (κ2) is 7.89. The second-order valence-corrected chi connectivity index (χ2v) is 7.49. The van der Waals surface area contributed by atoms with Gasteiger partial charge in [0.05, 0.1) is 24.3 Å². The number of pyridine rings is 1. The fourth-order valence-corrected chi connectivity index (χ4v) is 3.33. The quantitative estimate of drug-likeness (QED) is 0.601. The van der Waals surface area contributed by atoms with E-state index in [2.05, 4.69) is 15.2 Å². The van der Waals surface area contributed by atoms with Crippen LogP contribution < -0.4 is 14.8 Å². The summed E-state index contributed by atoms with van der Waals surface area (Å²) in [6.45, 7) is 0.992. The van der Waals surface area contributed by atoms with E-state index in [1.807, 2.05) is 13.8 Å². The van der Waals surface area contributed by atoms with E-state index in [4.69, 9.17) is 9.72 Å². The Morgan fingerprint density at radius 1 is 1.23 bits per heavy atom. The van der Waals surface area contributed by atoms with Gasteiger partial charge in [-0.1, -0.05) is 0 Å². The highest BCUT2D eigenvalue weighted by Crippen LogP contribution is 2.40. The molecule has 3 aromatic rings. The largest absolute Gasteiger partial charge is 0.493 e. The molecule has 0 radical (unpaired) electrons.